The van der Waals surface area contributed by atoms with Crippen LogP contribution in [0, 0.1) is 16.0 Å². The SMILES string of the molecule is COc1ccc([N+](=O)[O-])cc1S(=O)(=O)NC(C)C1CC1. The number of nitrogens with zero attached hydrogens (tertiary/aromatic N) is 1. The Morgan fingerprint density at radius 2 is 2.10 bits per heavy atom. The summed E-state index contributed by atoms with van der Waals surface area (Å²) in [4.78, 5) is 9.93. The third-order valence-corrected chi connectivity index (χ3v) is 4.90. The first-order valence-corrected chi connectivity index (χ1v) is 7.68. The van der Waals surface area contributed by atoms with E-state index in [-0.39, 0.29) is 22.4 Å². The van der Waals surface area contributed by atoms with Gasteiger partial charge < -0.3 is 4.74 Å². The van der Waals surface area contributed by atoms with E-state index in [0.717, 1.165) is 18.9 Å². The average molecular weight is 300 g/mol. The molecule has 110 valence electrons. The van der Waals surface area contributed by atoms with E-state index in [1.54, 1.807) is 6.92 Å². The van der Waals surface area contributed by atoms with E-state index < -0.39 is 14.9 Å². The molecule has 0 amide bonds. The Bertz CT molecular complexity index is 625. The molecule has 0 aliphatic heterocycles. The zero-order valence-electron chi connectivity index (χ0n) is 11.2. The molecule has 1 unspecified atom stereocenters. The molecule has 8 heteroatoms. The maximum atomic E-state index is 12.3. The van der Waals surface area contributed by atoms with Crippen LogP contribution in [0.3, 0.4) is 0 Å². The fourth-order valence-electron chi connectivity index (χ4n) is 1.99. The summed E-state index contributed by atoms with van der Waals surface area (Å²) >= 11 is 0. The number of hydrogen-bond donors (Lipinski definition) is 1. The van der Waals surface area contributed by atoms with Gasteiger partial charge in [0.25, 0.3) is 5.69 Å². The Kier molecular flexibility index (Phi) is 3.96. The number of benzene rings is 1. The van der Waals surface area contributed by atoms with Crippen molar-refractivity contribution in [2.75, 3.05) is 7.11 Å². The summed E-state index contributed by atoms with van der Waals surface area (Å²) in [5, 5.41) is 10.8. The van der Waals surface area contributed by atoms with Gasteiger partial charge in [-0.2, -0.15) is 0 Å². The Hall–Kier alpha value is -1.67. The van der Waals surface area contributed by atoms with Crippen LogP contribution < -0.4 is 9.46 Å². The maximum absolute atomic E-state index is 12.3. The maximum Gasteiger partial charge on any atom is 0.271 e. The standard InChI is InChI=1S/C12H16N2O5S/c1-8(9-3-4-9)13-20(17,18)12-7-10(14(15)16)5-6-11(12)19-2/h5-9,13H,3-4H2,1-2H3. The van der Waals surface area contributed by atoms with Crippen LogP contribution in [0.25, 0.3) is 0 Å². The average Bonchev–Trinajstić information content (AvgIpc) is 3.21. The van der Waals surface area contributed by atoms with Crippen LogP contribution in [0.5, 0.6) is 5.75 Å². The third-order valence-electron chi connectivity index (χ3n) is 3.32. The predicted molar refractivity (Wildman–Crippen MR) is 72.2 cm³/mol. The van der Waals surface area contributed by atoms with Crippen molar-refractivity contribution in [2.24, 2.45) is 5.92 Å². The fourth-order valence-corrected chi connectivity index (χ4v) is 3.49. The van der Waals surface area contributed by atoms with Crippen LogP contribution in [0.4, 0.5) is 5.69 Å². The van der Waals surface area contributed by atoms with E-state index in [0.29, 0.717) is 5.92 Å². The lowest BCUT2D eigenvalue weighted by Gasteiger charge is -2.15. The van der Waals surface area contributed by atoms with Crippen molar-refractivity contribution < 1.29 is 18.1 Å². The lowest BCUT2D eigenvalue weighted by molar-refractivity contribution is -0.385. The second-order valence-corrected chi connectivity index (χ2v) is 6.52. The number of sulfonamides is 1. The van der Waals surface area contributed by atoms with Gasteiger partial charge in [-0.15, -0.1) is 0 Å². The van der Waals surface area contributed by atoms with Gasteiger partial charge in [0, 0.05) is 18.2 Å². The quantitative estimate of drug-likeness (QED) is 0.636. The molecular weight excluding hydrogens is 284 g/mol. The van der Waals surface area contributed by atoms with Crippen molar-refractivity contribution in [3.8, 4) is 5.75 Å². The normalized spacial score (nSPS) is 16.7. The summed E-state index contributed by atoms with van der Waals surface area (Å²) in [6.07, 6.45) is 1.99. The first-order valence-electron chi connectivity index (χ1n) is 6.20. The van der Waals surface area contributed by atoms with Gasteiger partial charge in [0.15, 0.2) is 0 Å². The zero-order valence-corrected chi connectivity index (χ0v) is 12.0. The van der Waals surface area contributed by atoms with Crippen LogP contribution in [0.15, 0.2) is 23.1 Å². The molecule has 0 aromatic heterocycles. The van der Waals surface area contributed by atoms with Crippen molar-refractivity contribution in [3.05, 3.63) is 28.3 Å². The molecule has 1 atom stereocenters. The Morgan fingerprint density at radius 3 is 2.60 bits per heavy atom. The minimum atomic E-state index is -3.84. The highest BCUT2D eigenvalue weighted by atomic mass is 32.2. The number of nitro benzene ring substituents is 1. The van der Waals surface area contributed by atoms with Gasteiger partial charge in [-0.25, -0.2) is 13.1 Å². The van der Waals surface area contributed by atoms with Crippen molar-refractivity contribution in [1.82, 2.24) is 4.72 Å². The van der Waals surface area contributed by atoms with Gasteiger partial charge >= 0.3 is 0 Å². The summed E-state index contributed by atoms with van der Waals surface area (Å²) in [5.74, 6) is 0.431. The Morgan fingerprint density at radius 1 is 1.45 bits per heavy atom. The predicted octanol–water partition coefficient (Wildman–Crippen LogP) is 1.68. The highest BCUT2D eigenvalue weighted by molar-refractivity contribution is 7.89. The van der Waals surface area contributed by atoms with Gasteiger partial charge in [0.05, 0.1) is 12.0 Å². The van der Waals surface area contributed by atoms with Gasteiger partial charge in [0.1, 0.15) is 10.6 Å². The Balaban J connectivity index is 2.37. The largest absolute Gasteiger partial charge is 0.495 e. The molecule has 0 saturated heterocycles. The van der Waals surface area contributed by atoms with Gasteiger partial charge in [-0.3, -0.25) is 10.1 Å². The highest BCUT2D eigenvalue weighted by Gasteiger charge is 2.32. The summed E-state index contributed by atoms with van der Waals surface area (Å²) in [6, 6.07) is 3.32. The second kappa shape index (κ2) is 5.37. The molecule has 1 aromatic rings. The van der Waals surface area contributed by atoms with Crippen LogP contribution >= 0.6 is 0 Å². The molecule has 0 radical (unpaired) electrons. The lowest BCUT2D eigenvalue weighted by Crippen LogP contribution is -2.34. The minimum Gasteiger partial charge on any atom is -0.495 e. The molecule has 0 bridgehead atoms. The van der Waals surface area contributed by atoms with Crippen LogP contribution in [-0.2, 0) is 10.0 Å². The van der Waals surface area contributed by atoms with Gasteiger partial charge in [0.2, 0.25) is 10.0 Å². The van der Waals surface area contributed by atoms with Crippen molar-refractivity contribution in [3.63, 3.8) is 0 Å². The van der Waals surface area contributed by atoms with E-state index in [1.165, 1.54) is 19.2 Å². The highest BCUT2D eigenvalue weighted by Crippen LogP contribution is 2.34. The van der Waals surface area contributed by atoms with E-state index in [2.05, 4.69) is 4.72 Å². The van der Waals surface area contributed by atoms with E-state index in [1.807, 2.05) is 0 Å². The van der Waals surface area contributed by atoms with Crippen LogP contribution in [0.2, 0.25) is 0 Å². The first-order chi connectivity index (χ1) is 9.35. The van der Waals surface area contributed by atoms with E-state index in [9.17, 15) is 18.5 Å². The number of nitro groups is 1. The number of ether oxygens (including phenoxy) is 1. The topological polar surface area (TPSA) is 98.5 Å². The van der Waals surface area contributed by atoms with E-state index >= 15 is 0 Å². The summed E-state index contributed by atoms with van der Waals surface area (Å²) in [5.41, 5.74) is -0.287. The lowest BCUT2D eigenvalue weighted by atomic mass is 10.2. The monoisotopic (exact) mass is 300 g/mol. The molecule has 0 spiro atoms. The van der Waals surface area contributed by atoms with Crippen molar-refractivity contribution in [1.29, 1.82) is 0 Å². The third kappa shape index (κ3) is 3.07. The number of rotatable bonds is 6. The van der Waals surface area contributed by atoms with E-state index in [4.69, 9.17) is 4.74 Å². The van der Waals surface area contributed by atoms with Crippen molar-refractivity contribution in [2.45, 2.75) is 30.7 Å². The molecule has 1 N–H and O–H groups in total. The molecule has 1 aliphatic carbocycles. The molecule has 7 nitrogen and oxygen atoms in total. The molecule has 1 aromatic carbocycles. The number of hydrogen-bond acceptors (Lipinski definition) is 5. The molecule has 1 aliphatic rings. The van der Waals surface area contributed by atoms with Crippen molar-refractivity contribution >= 4 is 15.7 Å². The zero-order chi connectivity index (χ0) is 14.9. The summed E-state index contributed by atoms with van der Waals surface area (Å²) in [6.45, 7) is 1.79. The smallest absolute Gasteiger partial charge is 0.271 e. The number of nitrogens with one attached hydrogen (secondary N) is 1. The minimum absolute atomic E-state index is 0.0890. The molecule has 20 heavy (non-hydrogen) atoms. The Labute approximate surface area is 117 Å². The van der Waals surface area contributed by atoms with Gasteiger partial charge in [-0.05, 0) is 31.7 Å². The van der Waals surface area contributed by atoms with Gasteiger partial charge in [-0.1, -0.05) is 0 Å². The molecule has 2 rings (SSSR count). The number of non-ortho nitro benzene ring substituents is 1. The summed E-state index contributed by atoms with van der Waals surface area (Å²) < 4.78 is 32.2. The molecule has 1 saturated carbocycles. The molecule has 1 fully saturated rings. The van der Waals surface area contributed by atoms with Crippen LogP contribution in [-0.4, -0.2) is 26.5 Å². The molecule has 0 heterocycles. The summed E-state index contributed by atoms with van der Waals surface area (Å²) in [7, 11) is -2.52. The van der Waals surface area contributed by atoms with Crippen LogP contribution in [0.1, 0.15) is 19.8 Å². The second-order valence-electron chi connectivity index (χ2n) is 4.84. The fraction of sp³-hybridized carbons (Fsp3) is 0.500. The number of methoxy groups -OCH3 is 1. The molecular formula is C12H16N2O5S. The first kappa shape index (κ1) is 14.7.